The molecule has 0 radical (unpaired) electrons. The lowest BCUT2D eigenvalue weighted by atomic mass is 10.1. The number of ether oxygens (including phenoxy) is 2. The summed E-state index contributed by atoms with van der Waals surface area (Å²) in [4.78, 5) is 11.0. The summed E-state index contributed by atoms with van der Waals surface area (Å²) in [7, 11) is 0. The molecule has 2 aliphatic heterocycles. The highest BCUT2D eigenvalue weighted by molar-refractivity contribution is 5.77. The number of benzene rings is 1. The van der Waals surface area contributed by atoms with Gasteiger partial charge in [0.05, 0.1) is 6.04 Å². The molecule has 7 heteroatoms. The summed E-state index contributed by atoms with van der Waals surface area (Å²) >= 11 is 0. The molecule has 0 spiro atoms. The van der Waals surface area contributed by atoms with E-state index in [0.717, 1.165) is 0 Å². The standard InChI is InChI=1S/C10H8F2N2O3/c11-10(12)16-7-3-1-2-5(8(7)17-10)6-4-13-9(15)14-6/h1-3,6H,4H2,(H2,13,14,15)/t6-/m0/s1. The van der Waals surface area contributed by atoms with E-state index in [1.54, 1.807) is 12.1 Å². The van der Waals surface area contributed by atoms with E-state index < -0.39 is 12.3 Å². The zero-order valence-electron chi connectivity index (χ0n) is 8.50. The van der Waals surface area contributed by atoms with E-state index in [1.807, 2.05) is 0 Å². The van der Waals surface area contributed by atoms with Gasteiger partial charge in [0, 0.05) is 12.1 Å². The van der Waals surface area contributed by atoms with Gasteiger partial charge in [-0.3, -0.25) is 0 Å². The number of hydrogen-bond acceptors (Lipinski definition) is 3. The quantitative estimate of drug-likeness (QED) is 0.781. The number of fused-ring (bicyclic) bond motifs is 1. The van der Waals surface area contributed by atoms with Crippen LogP contribution in [0.15, 0.2) is 18.2 Å². The maximum absolute atomic E-state index is 12.9. The van der Waals surface area contributed by atoms with Crippen LogP contribution in [0.3, 0.4) is 0 Å². The lowest BCUT2D eigenvalue weighted by Gasteiger charge is -2.11. The molecule has 2 amide bonds. The van der Waals surface area contributed by atoms with Gasteiger partial charge in [-0.05, 0) is 6.07 Å². The number of carbonyl (C=O) groups is 1. The van der Waals surface area contributed by atoms with Crippen molar-refractivity contribution < 1.29 is 23.0 Å². The zero-order valence-corrected chi connectivity index (χ0v) is 8.50. The molecule has 0 saturated carbocycles. The summed E-state index contributed by atoms with van der Waals surface area (Å²) in [6, 6.07) is 3.85. The molecule has 2 heterocycles. The van der Waals surface area contributed by atoms with E-state index in [1.165, 1.54) is 6.07 Å². The van der Waals surface area contributed by atoms with Crippen molar-refractivity contribution in [3.8, 4) is 11.5 Å². The smallest absolute Gasteiger partial charge is 0.395 e. The Morgan fingerprint density at radius 1 is 1.35 bits per heavy atom. The Hall–Kier alpha value is -2.05. The van der Waals surface area contributed by atoms with Gasteiger partial charge in [-0.2, -0.15) is 0 Å². The van der Waals surface area contributed by atoms with Gasteiger partial charge >= 0.3 is 12.3 Å². The van der Waals surface area contributed by atoms with Gasteiger partial charge in [0.1, 0.15) is 0 Å². The largest absolute Gasteiger partial charge is 0.586 e. The van der Waals surface area contributed by atoms with Crippen molar-refractivity contribution in [2.75, 3.05) is 6.54 Å². The monoisotopic (exact) mass is 242 g/mol. The third-order valence-corrected chi connectivity index (χ3v) is 2.61. The molecular formula is C10H8F2N2O3. The number of amides is 2. The summed E-state index contributed by atoms with van der Waals surface area (Å²) in [6.07, 6.45) is -3.64. The van der Waals surface area contributed by atoms with Crippen LogP contribution in [-0.2, 0) is 0 Å². The molecule has 1 saturated heterocycles. The molecular weight excluding hydrogens is 234 g/mol. The number of hydrogen-bond donors (Lipinski definition) is 2. The van der Waals surface area contributed by atoms with Gasteiger partial charge in [-0.1, -0.05) is 12.1 Å². The lowest BCUT2D eigenvalue weighted by Crippen LogP contribution is -2.26. The summed E-state index contributed by atoms with van der Waals surface area (Å²) < 4.78 is 34.6. The third-order valence-electron chi connectivity index (χ3n) is 2.61. The van der Waals surface area contributed by atoms with Crippen LogP contribution in [0.1, 0.15) is 11.6 Å². The molecule has 0 bridgehead atoms. The van der Waals surface area contributed by atoms with Crippen LogP contribution in [0.2, 0.25) is 0 Å². The van der Waals surface area contributed by atoms with Crippen molar-refractivity contribution in [1.29, 1.82) is 0 Å². The van der Waals surface area contributed by atoms with E-state index in [4.69, 9.17) is 0 Å². The maximum atomic E-state index is 12.9. The first-order valence-electron chi connectivity index (χ1n) is 4.98. The first-order valence-corrected chi connectivity index (χ1v) is 4.98. The first-order chi connectivity index (χ1) is 8.05. The average molecular weight is 242 g/mol. The van der Waals surface area contributed by atoms with Gasteiger partial charge in [0.25, 0.3) is 0 Å². The van der Waals surface area contributed by atoms with Crippen molar-refractivity contribution in [3.63, 3.8) is 0 Å². The highest BCUT2D eigenvalue weighted by Crippen LogP contribution is 2.45. The van der Waals surface area contributed by atoms with Crippen LogP contribution in [-0.4, -0.2) is 18.9 Å². The molecule has 1 aromatic rings. The molecule has 1 aromatic carbocycles. The topological polar surface area (TPSA) is 59.6 Å². The average Bonchev–Trinajstić information content (AvgIpc) is 2.78. The molecule has 3 rings (SSSR count). The summed E-state index contributed by atoms with van der Waals surface area (Å²) in [5.74, 6) is -0.0415. The number of rotatable bonds is 1. The molecule has 0 aromatic heterocycles. The van der Waals surface area contributed by atoms with Crippen LogP contribution in [0, 0.1) is 0 Å². The first kappa shape index (κ1) is 10.1. The van der Waals surface area contributed by atoms with E-state index in [0.29, 0.717) is 12.1 Å². The molecule has 1 atom stereocenters. The highest BCUT2D eigenvalue weighted by Gasteiger charge is 2.45. The minimum absolute atomic E-state index is 0.0198. The predicted molar refractivity (Wildman–Crippen MR) is 51.9 cm³/mol. The van der Waals surface area contributed by atoms with Crippen molar-refractivity contribution in [1.82, 2.24) is 10.6 Å². The van der Waals surface area contributed by atoms with Crippen LogP contribution < -0.4 is 20.1 Å². The van der Waals surface area contributed by atoms with Crippen molar-refractivity contribution in [2.24, 2.45) is 0 Å². The molecule has 2 aliphatic rings. The Morgan fingerprint density at radius 2 is 2.18 bits per heavy atom. The normalized spacial score (nSPS) is 24.4. The van der Waals surface area contributed by atoms with E-state index >= 15 is 0 Å². The molecule has 0 unspecified atom stereocenters. The van der Waals surface area contributed by atoms with Crippen LogP contribution in [0.4, 0.5) is 13.6 Å². The Kier molecular flexibility index (Phi) is 1.92. The third kappa shape index (κ3) is 1.63. The van der Waals surface area contributed by atoms with E-state index in [9.17, 15) is 13.6 Å². The van der Waals surface area contributed by atoms with Crippen LogP contribution >= 0.6 is 0 Å². The second kappa shape index (κ2) is 3.22. The van der Waals surface area contributed by atoms with E-state index in [2.05, 4.69) is 20.1 Å². The summed E-state index contributed by atoms with van der Waals surface area (Å²) in [6.45, 7) is 0.324. The van der Waals surface area contributed by atoms with Crippen LogP contribution in [0.25, 0.3) is 0 Å². The zero-order chi connectivity index (χ0) is 12.0. The number of para-hydroxylation sites is 1. The number of halogens is 2. The fourth-order valence-electron chi connectivity index (χ4n) is 1.91. The van der Waals surface area contributed by atoms with Crippen molar-refractivity contribution in [3.05, 3.63) is 23.8 Å². The van der Waals surface area contributed by atoms with Crippen LogP contribution in [0.5, 0.6) is 11.5 Å². The summed E-state index contributed by atoms with van der Waals surface area (Å²) in [5, 5.41) is 5.14. The Bertz CT molecular complexity index is 492. The minimum Gasteiger partial charge on any atom is -0.395 e. The molecule has 0 aliphatic carbocycles. The van der Waals surface area contributed by atoms with Gasteiger partial charge in [0.15, 0.2) is 11.5 Å². The number of urea groups is 1. The predicted octanol–water partition coefficient (Wildman–Crippen LogP) is 1.36. The maximum Gasteiger partial charge on any atom is 0.586 e. The Labute approximate surface area is 94.7 Å². The number of alkyl halides is 2. The molecule has 1 fully saturated rings. The fraction of sp³-hybridized carbons (Fsp3) is 0.300. The molecule has 17 heavy (non-hydrogen) atoms. The van der Waals surface area contributed by atoms with E-state index in [-0.39, 0.29) is 17.5 Å². The second-order valence-corrected chi connectivity index (χ2v) is 3.75. The Balaban J connectivity index is 1.98. The minimum atomic E-state index is -3.64. The highest BCUT2D eigenvalue weighted by atomic mass is 19.3. The molecule has 2 N–H and O–H groups in total. The molecule has 5 nitrogen and oxygen atoms in total. The number of carbonyl (C=O) groups excluding carboxylic acids is 1. The lowest BCUT2D eigenvalue weighted by molar-refractivity contribution is -0.287. The molecule has 90 valence electrons. The van der Waals surface area contributed by atoms with Crippen molar-refractivity contribution >= 4 is 6.03 Å². The Morgan fingerprint density at radius 3 is 2.88 bits per heavy atom. The fourth-order valence-corrected chi connectivity index (χ4v) is 1.91. The van der Waals surface area contributed by atoms with Gasteiger partial charge in [-0.25, -0.2) is 4.79 Å². The van der Waals surface area contributed by atoms with Gasteiger partial charge < -0.3 is 20.1 Å². The van der Waals surface area contributed by atoms with Gasteiger partial charge in [-0.15, -0.1) is 8.78 Å². The number of nitrogens with one attached hydrogen (secondary N) is 2. The summed E-state index contributed by atoms with van der Waals surface area (Å²) in [5.41, 5.74) is 0.470. The van der Waals surface area contributed by atoms with Gasteiger partial charge in [0.2, 0.25) is 0 Å². The second-order valence-electron chi connectivity index (χ2n) is 3.75. The van der Waals surface area contributed by atoms with Crippen molar-refractivity contribution in [2.45, 2.75) is 12.3 Å². The SMILES string of the molecule is O=C1NC[C@@H](c2cccc3c2OC(F)(F)O3)N1.